The van der Waals surface area contributed by atoms with E-state index in [1.54, 1.807) is 137 Å². The monoisotopic (exact) mass is 1000 g/mol. The van der Waals surface area contributed by atoms with Crippen LogP contribution in [0.4, 0.5) is 28.8 Å². The fourth-order valence-electron chi connectivity index (χ4n) is 6.01. The van der Waals surface area contributed by atoms with Crippen molar-refractivity contribution in [3.63, 3.8) is 0 Å². The fourth-order valence-corrected chi connectivity index (χ4v) is 6.01. The molecule has 390 valence electrons. The SMILES string of the molecule is CC(C)(C)OC(=O)Oc1cc(OC(=O)OC(C)(C)C)cc(-c2cc(OC(=O)OC(C)(C)C)ccc2-c2ccc(OC(=O)OC(C)(C)C)cc2-c2cc(OC(=O)OC(C)(C)C)cc(OC(=O)OC(C)(C)C)c2)c1. The van der Waals surface area contributed by atoms with Crippen molar-refractivity contribution >= 4 is 36.9 Å². The van der Waals surface area contributed by atoms with Gasteiger partial charge >= 0.3 is 36.9 Å². The lowest BCUT2D eigenvalue weighted by molar-refractivity contribution is 0.0178. The molecule has 0 radical (unpaired) electrons. The Labute approximate surface area is 420 Å². The van der Waals surface area contributed by atoms with Gasteiger partial charge in [-0.3, -0.25) is 0 Å². The Morgan fingerprint density at radius 1 is 0.250 bits per heavy atom. The molecule has 0 saturated heterocycles. The fraction of sp³-hybridized carbons (Fsp3) is 0.444. The second-order valence-corrected chi connectivity index (χ2v) is 22.2. The van der Waals surface area contributed by atoms with Gasteiger partial charge in [-0.25, -0.2) is 28.8 Å². The van der Waals surface area contributed by atoms with Crippen LogP contribution in [0.1, 0.15) is 125 Å². The van der Waals surface area contributed by atoms with Crippen LogP contribution in [0.15, 0.2) is 72.8 Å². The molecule has 0 aliphatic carbocycles. The van der Waals surface area contributed by atoms with Crippen molar-refractivity contribution in [2.24, 2.45) is 0 Å². The first-order chi connectivity index (χ1) is 32.8. The summed E-state index contributed by atoms with van der Waals surface area (Å²) in [6, 6.07) is 17.5. The number of ether oxygens (including phenoxy) is 12. The molecule has 72 heavy (non-hydrogen) atoms. The van der Waals surface area contributed by atoms with E-state index in [-0.39, 0.29) is 56.8 Å². The molecule has 0 atom stereocenters. The summed E-state index contributed by atoms with van der Waals surface area (Å²) in [5.41, 5.74) is -3.98. The number of hydrogen-bond donors (Lipinski definition) is 0. The summed E-state index contributed by atoms with van der Waals surface area (Å²) in [6.45, 7) is 29.8. The van der Waals surface area contributed by atoms with Crippen molar-refractivity contribution in [1.82, 2.24) is 0 Å². The van der Waals surface area contributed by atoms with Crippen molar-refractivity contribution in [2.75, 3.05) is 0 Å². The normalized spacial score (nSPS) is 12.1. The van der Waals surface area contributed by atoms with Gasteiger partial charge in [0.1, 0.15) is 68.1 Å². The molecule has 0 aromatic heterocycles. The van der Waals surface area contributed by atoms with Gasteiger partial charge in [0.2, 0.25) is 0 Å². The van der Waals surface area contributed by atoms with Crippen molar-refractivity contribution < 1.29 is 85.6 Å². The average Bonchev–Trinajstić information content (AvgIpc) is 3.13. The summed E-state index contributed by atoms with van der Waals surface area (Å²) in [4.78, 5) is 78.7. The lowest BCUT2D eigenvalue weighted by atomic mass is 9.88. The lowest BCUT2D eigenvalue weighted by Crippen LogP contribution is -2.26. The quantitative estimate of drug-likeness (QED) is 0.0866. The highest BCUT2D eigenvalue weighted by Gasteiger charge is 2.27. The van der Waals surface area contributed by atoms with Gasteiger partial charge in [0.25, 0.3) is 0 Å². The molecule has 0 heterocycles. The van der Waals surface area contributed by atoms with Crippen molar-refractivity contribution in [2.45, 2.75) is 158 Å². The lowest BCUT2D eigenvalue weighted by Gasteiger charge is -2.22. The highest BCUT2D eigenvalue weighted by Crippen LogP contribution is 2.45. The third kappa shape index (κ3) is 20.1. The Balaban J connectivity index is 2.12. The summed E-state index contributed by atoms with van der Waals surface area (Å²) < 4.78 is 66.5. The molecule has 18 nitrogen and oxygen atoms in total. The van der Waals surface area contributed by atoms with Crippen LogP contribution in [0.3, 0.4) is 0 Å². The summed E-state index contributed by atoms with van der Waals surface area (Å²) in [5, 5.41) is 0. The van der Waals surface area contributed by atoms with E-state index in [1.807, 2.05) is 0 Å². The standard InChI is InChI=1S/C54H66O18/c1-49(2,3)67-43(55)61-33-19-21-39(41(29-33)31-23-35(63-45(57)69-51(7,8)9)27-36(24-31)64-46(58)70-52(10,11)12)40-22-20-34(62-44(56)68-50(4,5)6)30-42(40)32-25-37(65-47(59)71-53(13,14)15)28-38(26-32)66-48(60)72-54(16,17)18/h19-30H,1-18H3. The predicted octanol–water partition coefficient (Wildman–Crippen LogP) is 14.6. The van der Waals surface area contributed by atoms with Gasteiger partial charge in [-0.1, -0.05) is 12.1 Å². The highest BCUT2D eigenvalue weighted by atomic mass is 16.8. The molecule has 0 N–H and O–H groups in total. The van der Waals surface area contributed by atoms with Crippen LogP contribution in [-0.4, -0.2) is 70.5 Å². The van der Waals surface area contributed by atoms with Crippen molar-refractivity contribution in [3.05, 3.63) is 72.8 Å². The average molecular weight is 1000 g/mol. The third-order valence-electron chi connectivity index (χ3n) is 8.20. The summed E-state index contributed by atoms with van der Waals surface area (Å²) in [7, 11) is 0. The molecule has 4 aromatic rings. The molecule has 0 fully saturated rings. The molecular weight excluding hydrogens is 937 g/mol. The van der Waals surface area contributed by atoms with Crippen LogP contribution in [0.25, 0.3) is 33.4 Å². The number of carbonyl (C=O) groups is 6. The second-order valence-electron chi connectivity index (χ2n) is 22.2. The maximum atomic E-state index is 13.1. The first-order valence-corrected chi connectivity index (χ1v) is 22.8. The van der Waals surface area contributed by atoms with Gasteiger partial charge in [-0.2, -0.15) is 0 Å². The Morgan fingerprint density at radius 2 is 0.444 bits per heavy atom. The molecule has 0 unspecified atom stereocenters. The van der Waals surface area contributed by atoms with E-state index in [4.69, 9.17) is 56.8 Å². The summed E-state index contributed by atoms with van der Waals surface area (Å²) >= 11 is 0. The maximum Gasteiger partial charge on any atom is 0.514 e. The van der Waals surface area contributed by atoms with E-state index < -0.39 is 70.5 Å². The number of benzene rings is 4. The molecule has 0 amide bonds. The van der Waals surface area contributed by atoms with Crippen LogP contribution in [-0.2, 0) is 28.4 Å². The smallest absolute Gasteiger partial charge is 0.428 e. The molecule has 0 aliphatic heterocycles. The molecule has 0 aliphatic rings. The van der Waals surface area contributed by atoms with E-state index in [9.17, 15) is 28.8 Å². The van der Waals surface area contributed by atoms with E-state index in [0.717, 1.165) is 0 Å². The number of hydrogen-bond acceptors (Lipinski definition) is 18. The molecular formula is C54H66O18. The van der Waals surface area contributed by atoms with Crippen LogP contribution in [0.2, 0.25) is 0 Å². The molecule has 4 rings (SSSR count). The van der Waals surface area contributed by atoms with Crippen LogP contribution in [0.5, 0.6) is 34.5 Å². The zero-order valence-electron chi connectivity index (χ0n) is 44.3. The van der Waals surface area contributed by atoms with E-state index in [1.165, 1.54) is 60.7 Å². The Kier molecular flexibility index (Phi) is 17.3. The minimum Gasteiger partial charge on any atom is -0.428 e. The van der Waals surface area contributed by atoms with E-state index >= 15 is 0 Å². The Morgan fingerprint density at radius 3 is 0.639 bits per heavy atom. The Bertz CT molecular complexity index is 2380. The molecule has 18 heteroatoms. The maximum absolute atomic E-state index is 13.1. The van der Waals surface area contributed by atoms with Gasteiger partial charge in [-0.05, 0) is 207 Å². The van der Waals surface area contributed by atoms with Crippen molar-refractivity contribution in [1.29, 1.82) is 0 Å². The first-order valence-electron chi connectivity index (χ1n) is 22.8. The first kappa shape index (κ1) is 57.1. The second kappa shape index (κ2) is 21.9. The van der Waals surface area contributed by atoms with Gasteiger partial charge in [-0.15, -0.1) is 0 Å². The van der Waals surface area contributed by atoms with Crippen LogP contribution in [0, 0.1) is 0 Å². The van der Waals surface area contributed by atoms with Gasteiger partial charge in [0, 0.05) is 12.1 Å². The highest BCUT2D eigenvalue weighted by molar-refractivity contribution is 5.94. The molecule has 0 spiro atoms. The predicted molar refractivity (Wildman–Crippen MR) is 264 cm³/mol. The van der Waals surface area contributed by atoms with Gasteiger partial charge in [0.15, 0.2) is 0 Å². The van der Waals surface area contributed by atoms with Crippen molar-refractivity contribution in [3.8, 4) is 67.9 Å². The van der Waals surface area contributed by atoms with Crippen LogP contribution < -0.4 is 28.4 Å². The largest absolute Gasteiger partial charge is 0.514 e. The molecule has 0 bridgehead atoms. The number of carbonyl (C=O) groups excluding carboxylic acids is 6. The van der Waals surface area contributed by atoms with Gasteiger partial charge < -0.3 is 56.8 Å². The zero-order valence-corrected chi connectivity index (χ0v) is 44.3. The Hall–Kier alpha value is -7.50. The van der Waals surface area contributed by atoms with E-state index in [0.29, 0.717) is 11.1 Å². The topological polar surface area (TPSA) is 213 Å². The summed E-state index contributed by atoms with van der Waals surface area (Å²) in [6.07, 6.45) is -6.37. The van der Waals surface area contributed by atoms with Gasteiger partial charge in [0.05, 0.1) is 0 Å². The minimum atomic E-state index is -1.08. The minimum absolute atomic E-state index is 0.0108. The zero-order chi connectivity index (χ0) is 54.4. The van der Waals surface area contributed by atoms with Crippen LogP contribution >= 0.6 is 0 Å². The summed E-state index contributed by atoms with van der Waals surface area (Å²) in [5.74, 6) is -0.570. The molecule has 0 saturated carbocycles. The van der Waals surface area contributed by atoms with E-state index in [2.05, 4.69) is 0 Å². The molecule has 4 aromatic carbocycles. The third-order valence-corrected chi connectivity index (χ3v) is 8.20. The number of rotatable bonds is 9.